The van der Waals surface area contributed by atoms with Gasteiger partial charge >= 0.3 is 0 Å². The van der Waals surface area contributed by atoms with Crippen LogP contribution in [-0.4, -0.2) is 28.4 Å². The average molecular weight is 188 g/mol. The van der Waals surface area contributed by atoms with Crippen LogP contribution in [0.15, 0.2) is 0 Å². The van der Waals surface area contributed by atoms with Gasteiger partial charge in [0, 0.05) is 13.0 Å². The highest BCUT2D eigenvalue weighted by Gasteiger charge is 2.28. The molecule has 3 nitrogen and oxygen atoms in total. The Morgan fingerprint density at radius 1 is 1.75 bits per heavy atom. The molecule has 0 aliphatic heterocycles. The molecule has 1 aliphatic carbocycles. The van der Waals surface area contributed by atoms with E-state index in [4.69, 9.17) is 12.2 Å². The van der Waals surface area contributed by atoms with Crippen LogP contribution in [0.5, 0.6) is 0 Å². The smallest absolute Gasteiger partial charge is 0.121 e. The summed E-state index contributed by atoms with van der Waals surface area (Å²) in [6, 6.07) is 0. The third-order valence-corrected chi connectivity index (χ3v) is 2.59. The fourth-order valence-electron chi connectivity index (χ4n) is 0.983. The molecule has 2 N–H and O–H groups in total. The average Bonchev–Trinajstić information content (AvgIpc) is 2.85. The van der Waals surface area contributed by atoms with E-state index in [1.807, 2.05) is 14.0 Å². The summed E-state index contributed by atoms with van der Waals surface area (Å²) < 4.78 is 0. The van der Waals surface area contributed by atoms with Gasteiger partial charge in [-0.15, -0.1) is 0 Å². The summed E-state index contributed by atoms with van der Waals surface area (Å²) in [5.41, 5.74) is 2.90. The summed E-state index contributed by atoms with van der Waals surface area (Å²) in [4.78, 5) is 0.919. The normalized spacial score (nSPS) is 18.9. The largest absolute Gasteiger partial charge is 0.377 e. The molecule has 0 aromatic heterocycles. The van der Waals surface area contributed by atoms with Gasteiger partial charge in [0.1, 0.15) is 6.23 Å². The Morgan fingerprint density at radius 3 is 2.75 bits per heavy atom. The molecule has 0 aromatic rings. The van der Waals surface area contributed by atoms with Crippen LogP contribution in [0.3, 0.4) is 0 Å². The van der Waals surface area contributed by atoms with Crippen molar-refractivity contribution in [2.24, 2.45) is 5.92 Å². The van der Waals surface area contributed by atoms with Gasteiger partial charge in [0.05, 0.1) is 4.99 Å². The number of aliphatic hydroxyl groups excluding tert-OH is 1. The molecule has 70 valence electrons. The van der Waals surface area contributed by atoms with Gasteiger partial charge in [-0.3, -0.25) is 0 Å². The van der Waals surface area contributed by atoms with Crippen molar-refractivity contribution in [1.29, 1.82) is 0 Å². The topological polar surface area (TPSA) is 35.5 Å². The van der Waals surface area contributed by atoms with E-state index < -0.39 is 6.23 Å². The highest BCUT2D eigenvalue weighted by atomic mass is 32.1. The fraction of sp³-hybridized carbons (Fsp3) is 0.875. The first-order valence-corrected chi connectivity index (χ1v) is 4.77. The Kier molecular flexibility index (Phi) is 3.43. The van der Waals surface area contributed by atoms with Gasteiger partial charge in [0.15, 0.2) is 0 Å². The monoisotopic (exact) mass is 188 g/mol. The van der Waals surface area contributed by atoms with E-state index in [2.05, 4.69) is 5.43 Å². The van der Waals surface area contributed by atoms with E-state index in [1.54, 1.807) is 5.01 Å². The molecule has 1 fully saturated rings. The maximum Gasteiger partial charge on any atom is 0.121 e. The lowest BCUT2D eigenvalue weighted by atomic mass is 10.4. The maximum atomic E-state index is 9.27. The Hall–Kier alpha value is -0.190. The van der Waals surface area contributed by atoms with Crippen LogP contribution in [0, 0.1) is 5.92 Å². The van der Waals surface area contributed by atoms with E-state index >= 15 is 0 Å². The van der Waals surface area contributed by atoms with Gasteiger partial charge in [0.2, 0.25) is 0 Å². The molecule has 0 bridgehead atoms. The van der Waals surface area contributed by atoms with Gasteiger partial charge in [0.25, 0.3) is 0 Å². The van der Waals surface area contributed by atoms with Crippen molar-refractivity contribution in [2.45, 2.75) is 32.4 Å². The zero-order chi connectivity index (χ0) is 9.14. The summed E-state index contributed by atoms with van der Waals surface area (Å²) in [5, 5.41) is 11.0. The van der Waals surface area contributed by atoms with Crippen molar-refractivity contribution < 1.29 is 5.11 Å². The number of aliphatic hydroxyl groups is 1. The SMILES string of the molecule is CCC(O)NN(C)C(=S)C1CC1. The summed E-state index contributed by atoms with van der Waals surface area (Å²) in [7, 11) is 1.86. The van der Waals surface area contributed by atoms with Crippen molar-refractivity contribution in [3.05, 3.63) is 0 Å². The maximum absolute atomic E-state index is 9.27. The van der Waals surface area contributed by atoms with Crippen molar-refractivity contribution in [2.75, 3.05) is 7.05 Å². The quantitative estimate of drug-likeness (QED) is 0.390. The molecular formula is C8H16N2OS. The van der Waals surface area contributed by atoms with Crippen LogP contribution in [0.25, 0.3) is 0 Å². The second-order valence-corrected chi connectivity index (χ2v) is 3.64. The molecule has 0 aromatic carbocycles. The Bertz CT molecular complexity index is 170. The lowest BCUT2D eigenvalue weighted by Gasteiger charge is -2.23. The predicted molar refractivity (Wildman–Crippen MR) is 52.5 cm³/mol. The summed E-state index contributed by atoms with van der Waals surface area (Å²) in [5.74, 6) is 0.571. The van der Waals surface area contributed by atoms with Crippen molar-refractivity contribution in [3.8, 4) is 0 Å². The number of nitrogens with one attached hydrogen (secondary N) is 1. The van der Waals surface area contributed by atoms with E-state index in [9.17, 15) is 5.11 Å². The number of hydrogen-bond donors (Lipinski definition) is 2. The number of hydrazine groups is 1. The number of rotatable bonds is 4. The summed E-state index contributed by atoms with van der Waals surface area (Å²) >= 11 is 5.18. The first-order valence-electron chi connectivity index (χ1n) is 4.37. The minimum atomic E-state index is -0.480. The lowest BCUT2D eigenvalue weighted by molar-refractivity contribution is 0.0793. The van der Waals surface area contributed by atoms with Gasteiger partial charge in [-0.05, 0) is 19.3 Å². The Balaban J connectivity index is 2.26. The van der Waals surface area contributed by atoms with E-state index in [0.29, 0.717) is 12.3 Å². The fourth-order valence-corrected chi connectivity index (χ4v) is 1.27. The molecule has 12 heavy (non-hydrogen) atoms. The minimum absolute atomic E-state index is 0.480. The number of thiocarbonyl (C=S) groups is 1. The molecular weight excluding hydrogens is 172 g/mol. The third-order valence-electron chi connectivity index (χ3n) is 1.99. The molecule has 0 amide bonds. The Morgan fingerprint density at radius 2 is 2.33 bits per heavy atom. The highest BCUT2D eigenvalue weighted by Crippen LogP contribution is 2.31. The van der Waals surface area contributed by atoms with E-state index in [0.717, 1.165) is 4.99 Å². The van der Waals surface area contributed by atoms with Gasteiger partial charge in [-0.25, -0.2) is 5.43 Å². The molecule has 1 saturated carbocycles. The van der Waals surface area contributed by atoms with Crippen LogP contribution in [0.2, 0.25) is 0 Å². The number of hydrogen-bond acceptors (Lipinski definition) is 3. The molecule has 1 unspecified atom stereocenters. The summed E-state index contributed by atoms with van der Waals surface area (Å²) in [6.07, 6.45) is 2.62. The standard InChI is InChI=1S/C8H16N2OS/c1-3-7(11)9-10(2)8(12)6-4-5-6/h6-7,9,11H,3-5H2,1-2H3. The van der Waals surface area contributed by atoms with Crippen LogP contribution < -0.4 is 5.43 Å². The van der Waals surface area contributed by atoms with Crippen molar-refractivity contribution in [3.63, 3.8) is 0 Å². The van der Waals surface area contributed by atoms with Crippen molar-refractivity contribution >= 4 is 17.2 Å². The highest BCUT2D eigenvalue weighted by molar-refractivity contribution is 7.80. The zero-order valence-corrected chi connectivity index (χ0v) is 8.40. The Labute approximate surface area is 78.7 Å². The molecule has 0 heterocycles. The van der Waals surface area contributed by atoms with Crippen LogP contribution in [0.1, 0.15) is 26.2 Å². The molecule has 0 radical (unpaired) electrons. The van der Waals surface area contributed by atoms with Gasteiger partial charge < -0.3 is 10.1 Å². The second kappa shape index (κ2) is 4.16. The molecule has 4 heteroatoms. The van der Waals surface area contributed by atoms with Crippen LogP contribution >= 0.6 is 12.2 Å². The molecule has 0 saturated heterocycles. The first kappa shape index (κ1) is 9.89. The minimum Gasteiger partial charge on any atom is -0.377 e. The van der Waals surface area contributed by atoms with E-state index in [1.165, 1.54) is 12.8 Å². The first-order chi connectivity index (χ1) is 5.65. The third kappa shape index (κ3) is 2.69. The van der Waals surface area contributed by atoms with Crippen molar-refractivity contribution in [1.82, 2.24) is 10.4 Å². The van der Waals surface area contributed by atoms with Crippen LogP contribution in [0.4, 0.5) is 0 Å². The summed E-state index contributed by atoms with van der Waals surface area (Å²) in [6.45, 7) is 1.92. The second-order valence-electron chi connectivity index (χ2n) is 3.22. The van der Waals surface area contributed by atoms with Gasteiger partial charge in [-0.2, -0.15) is 0 Å². The zero-order valence-electron chi connectivity index (χ0n) is 7.58. The van der Waals surface area contributed by atoms with E-state index in [-0.39, 0.29) is 0 Å². The number of nitrogens with zero attached hydrogens (tertiary/aromatic N) is 1. The molecule has 1 atom stereocenters. The lowest BCUT2D eigenvalue weighted by Crippen LogP contribution is -2.45. The van der Waals surface area contributed by atoms with Crippen LogP contribution in [-0.2, 0) is 0 Å². The molecule has 1 rings (SSSR count). The molecule has 1 aliphatic rings. The molecule has 0 spiro atoms. The predicted octanol–water partition coefficient (Wildman–Crippen LogP) is 0.889. The van der Waals surface area contributed by atoms with Gasteiger partial charge in [-0.1, -0.05) is 19.1 Å².